The zero-order valence-electron chi connectivity index (χ0n) is 21.1. The maximum absolute atomic E-state index is 11.8. The summed E-state index contributed by atoms with van der Waals surface area (Å²) in [7, 11) is 1.67. The Bertz CT molecular complexity index is 1150. The molecule has 2 aromatic heterocycles. The second kappa shape index (κ2) is 13.7. The lowest BCUT2D eigenvalue weighted by Crippen LogP contribution is -2.32. The Labute approximate surface area is 222 Å². The summed E-state index contributed by atoms with van der Waals surface area (Å²) in [6, 6.07) is 8.26. The fourth-order valence-corrected chi connectivity index (χ4v) is 4.46. The number of aromatic hydroxyl groups is 1. The molecule has 0 aliphatic carbocycles. The van der Waals surface area contributed by atoms with E-state index in [4.69, 9.17) is 36.4 Å². The van der Waals surface area contributed by atoms with Crippen LogP contribution in [0.5, 0.6) is 5.75 Å². The lowest BCUT2D eigenvalue weighted by Gasteiger charge is -2.18. The van der Waals surface area contributed by atoms with E-state index in [0.29, 0.717) is 35.8 Å². The van der Waals surface area contributed by atoms with E-state index in [1.165, 1.54) is 0 Å². The molecule has 37 heavy (non-hydrogen) atoms. The number of hydrogen-bond acceptors (Lipinski definition) is 11. The number of hydrogen-bond donors (Lipinski definition) is 4. The van der Waals surface area contributed by atoms with Crippen LogP contribution in [0.4, 0.5) is 11.8 Å². The van der Waals surface area contributed by atoms with Gasteiger partial charge in [0.05, 0.1) is 39.5 Å². The van der Waals surface area contributed by atoms with Gasteiger partial charge in [0, 0.05) is 7.05 Å². The molecule has 1 aliphatic heterocycles. The van der Waals surface area contributed by atoms with Crippen LogP contribution in [0.25, 0.3) is 11.2 Å². The number of fused-ring (bicyclic) bond motifs is 1. The van der Waals surface area contributed by atoms with Crippen molar-refractivity contribution in [2.24, 2.45) is 0 Å². The number of phenols is 1. The van der Waals surface area contributed by atoms with Crippen molar-refractivity contribution in [1.29, 1.82) is 0 Å². The van der Waals surface area contributed by atoms with E-state index >= 15 is 0 Å². The van der Waals surface area contributed by atoms with Crippen molar-refractivity contribution in [2.75, 3.05) is 24.7 Å². The summed E-state index contributed by atoms with van der Waals surface area (Å²) in [4.78, 5) is 24.6. The van der Waals surface area contributed by atoms with Crippen LogP contribution in [0.2, 0.25) is 0 Å². The second-order valence-electron chi connectivity index (χ2n) is 8.51. The molecule has 202 valence electrons. The van der Waals surface area contributed by atoms with Crippen LogP contribution in [-0.4, -0.2) is 67.9 Å². The highest BCUT2D eigenvalue weighted by Crippen LogP contribution is 2.36. The highest BCUT2D eigenvalue weighted by molar-refractivity contribution is 7.29. The lowest BCUT2D eigenvalue weighted by atomic mass is 10.2. The number of benzene rings is 1. The van der Waals surface area contributed by atoms with Crippen molar-refractivity contribution in [3.63, 3.8) is 0 Å². The molecule has 14 heteroatoms. The number of carbonyl (C=O) groups excluding carboxylic acids is 1. The third-order valence-electron chi connectivity index (χ3n) is 5.16. The summed E-state index contributed by atoms with van der Waals surface area (Å²) in [6.07, 6.45) is 1.40. The average Bonchev–Trinajstić information content (AvgIpc) is 3.44. The first-order valence-electron chi connectivity index (χ1n) is 11.7. The standard InChI is InChI=1S/C17H27ClN7O4P.C6H6O/c1-8(2)28-16(26)9(3)24-30-27-6-10-5-11(18)15(29-10)25-7-21-12-13(20-4)22-17(19)23-14(12)25;7-6-4-2-1-3-5-6/h7-11,15,24,30H,5-6H2,1-4H3,(H3,19,20,22,23);1-5,7H. The van der Waals surface area contributed by atoms with Gasteiger partial charge in [0.25, 0.3) is 0 Å². The van der Waals surface area contributed by atoms with Gasteiger partial charge in [-0.25, -0.2) is 4.98 Å². The molecule has 1 aliphatic rings. The minimum absolute atomic E-state index is 0.0720. The van der Waals surface area contributed by atoms with Crippen molar-refractivity contribution in [1.82, 2.24) is 24.6 Å². The van der Waals surface area contributed by atoms with Crippen LogP contribution in [0.3, 0.4) is 0 Å². The molecule has 5 unspecified atom stereocenters. The van der Waals surface area contributed by atoms with Gasteiger partial charge < -0.3 is 30.2 Å². The van der Waals surface area contributed by atoms with Gasteiger partial charge in [-0.3, -0.25) is 14.4 Å². The Morgan fingerprint density at radius 1 is 1.32 bits per heavy atom. The molecule has 3 aromatic rings. The van der Waals surface area contributed by atoms with Crippen molar-refractivity contribution >= 4 is 49.5 Å². The largest absolute Gasteiger partial charge is 0.508 e. The molecule has 0 radical (unpaired) electrons. The maximum atomic E-state index is 11.8. The summed E-state index contributed by atoms with van der Waals surface area (Å²) in [5.74, 6) is 0.684. The van der Waals surface area contributed by atoms with E-state index in [1.54, 1.807) is 49.1 Å². The van der Waals surface area contributed by atoms with Gasteiger partial charge >= 0.3 is 5.97 Å². The SMILES string of the molecule is CNc1nc(N)nc2c1ncn2C1OC(COPNC(C)C(=O)OC(C)C)CC1Cl.Oc1ccccc1. The number of nitrogens with zero attached hydrogens (tertiary/aromatic N) is 4. The topological polar surface area (TPSA) is 159 Å². The van der Waals surface area contributed by atoms with Crippen LogP contribution >= 0.6 is 20.6 Å². The summed E-state index contributed by atoms with van der Waals surface area (Å²) in [5.41, 5.74) is 6.94. The molecule has 5 atom stereocenters. The predicted octanol–water partition coefficient (Wildman–Crippen LogP) is 3.19. The maximum Gasteiger partial charge on any atom is 0.323 e. The van der Waals surface area contributed by atoms with E-state index in [-0.39, 0.29) is 38.5 Å². The third-order valence-corrected chi connectivity index (χ3v) is 6.41. The summed E-state index contributed by atoms with van der Waals surface area (Å²) in [5, 5.41) is 14.3. The quantitative estimate of drug-likeness (QED) is 0.133. The van der Waals surface area contributed by atoms with Gasteiger partial charge in [0.15, 0.2) is 23.2 Å². The smallest absolute Gasteiger partial charge is 0.323 e. The highest BCUT2D eigenvalue weighted by atomic mass is 35.5. The van der Waals surface area contributed by atoms with Crippen LogP contribution in [-0.2, 0) is 18.8 Å². The first kappa shape index (κ1) is 28.8. The molecule has 1 fully saturated rings. The van der Waals surface area contributed by atoms with E-state index in [1.807, 2.05) is 19.9 Å². The number of nitrogens with two attached hydrogens (primary N) is 1. The van der Waals surface area contributed by atoms with Crippen molar-refractivity contribution in [2.45, 2.75) is 57.0 Å². The zero-order valence-corrected chi connectivity index (χ0v) is 22.8. The van der Waals surface area contributed by atoms with Gasteiger partial charge in [-0.15, -0.1) is 11.6 Å². The monoisotopic (exact) mass is 553 g/mol. The molecule has 12 nitrogen and oxygen atoms in total. The number of aromatic nitrogens is 4. The summed E-state index contributed by atoms with van der Waals surface area (Å²) >= 11 is 6.54. The molecule has 0 spiro atoms. The first-order chi connectivity index (χ1) is 17.7. The molecule has 0 amide bonds. The number of carbonyl (C=O) groups is 1. The molecule has 0 bridgehead atoms. The molecule has 4 rings (SSSR count). The van der Waals surface area contributed by atoms with Gasteiger partial charge in [0.2, 0.25) is 5.95 Å². The van der Waals surface area contributed by atoms with Gasteiger partial charge in [-0.05, 0) is 39.3 Å². The number of imidazole rings is 1. The number of phenolic OH excluding ortho intramolecular Hbond substituents is 1. The number of para-hydroxylation sites is 1. The molecule has 5 N–H and O–H groups in total. The second-order valence-corrected chi connectivity index (χ2v) is 9.85. The fourth-order valence-electron chi connectivity index (χ4n) is 3.43. The Kier molecular flexibility index (Phi) is 10.7. The first-order valence-corrected chi connectivity index (χ1v) is 13.1. The minimum atomic E-state index is -0.458. The van der Waals surface area contributed by atoms with Crippen molar-refractivity contribution < 1.29 is 23.9 Å². The van der Waals surface area contributed by atoms with E-state index in [9.17, 15) is 4.79 Å². The molecule has 1 aromatic carbocycles. The lowest BCUT2D eigenvalue weighted by molar-refractivity contribution is -0.148. The van der Waals surface area contributed by atoms with Crippen LogP contribution < -0.4 is 16.1 Å². The van der Waals surface area contributed by atoms with Gasteiger partial charge in [0.1, 0.15) is 11.8 Å². The van der Waals surface area contributed by atoms with Crippen LogP contribution in [0.15, 0.2) is 36.7 Å². The Balaban J connectivity index is 0.000000468. The van der Waals surface area contributed by atoms with E-state index in [2.05, 4.69) is 25.4 Å². The molecule has 0 saturated carbocycles. The number of esters is 1. The highest BCUT2D eigenvalue weighted by Gasteiger charge is 2.36. The summed E-state index contributed by atoms with van der Waals surface area (Å²) in [6.45, 7) is 5.68. The number of nitrogen functional groups attached to an aromatic ring is 1. The molecule has 3 heterocycles. The van der Waals surface area contributed by atoms with Crippen molar-refractivity contribution in [3.05, 3.63) is 36.7 Å². The third kappa shape index (κ3) is 8.11. The fraction of sp³-hybridized carbons (Fsp3) is 0.478. The Morgan fingerprint density at radius 2 is 2.05 bits per heavy atom. The van der Waals surface area contributed by atoms with Gasteiger partial charge in [-0.2, -0.15) is 9.97 Å². The van der Waals surface area contributed by atoms with Crippen LogP contribution in [0, 0.1) is 0 Å². The van der Waals surface area contributed by atoms with E-state index < -0.39 is 12.3 Å². The Hall–Kier alpha value is -2.76. The number of rotatable bonds is 9. The number of nitrogens with one attached hydrogen (secondary N) is 2. The molecular formula is C23H33ClN7O5P. The summed E-state index contributed by atoms with van der Waals surface area (Å²) < 4.78 is 18.6. The normalized spacial score (nSPS) is 20.2. The zero-order chi connectivity index (χ0) is 26.9. The Morgan fingerprint density at radius 3 is 2.68 bits per heavy atom. The average molecular weight is 554 g/mol. The molecular weight excluding hydrogens is 521 g/mol. The number of ether oxygens (including phenoxy) is 2. The number of alkyl halides is 1. The number of halogens is 1. The number of anilines is 2. The molecule has 1 saturated heterocycles. The minimum Gasteiger partial charge on any atom is -0.508 e. The van der Waals surface area contributed by atoms with Crippen molar-refractivity contribution in [3.8, 4) is 5.75 Å². The van der Waals surface area contributed by atoms with Crippen LogP contribution in [0.1, 0.15) is 33.4 Å². The predicted molar refractivity (Wildman–Crippen MR) is 144 cm³/mol. The van der Waals surface area contributed by atoms with Gasteiger partial charge in [-0.1, -0.05) is 18.2 Å². The van der Waals surface area contributed by atoms with E-state index in [0.717, 1.165) is 0 Å².